The van der Waals surface area contributed by atoms with Gasteiger partial charge in [0.1, 0.15) is 11.6 Å². The third-order valence-corrected chi connectivity index (χ3v) is 3.18. The van der Waals surface area contributed by atoms with E-state index in [9.17, 15) is 8.78 Å². The summed E-state index contributed by atoms with van der Waals surface area (Å²) in [7, 11) is 1.88. The van der Waals surface area contributed by atoms with E-state index in [-0.39, 0.29) is 6.04 Å². The Morgan fingerprint density at radius 1 is 1.44 bits per heavy atom. The van der Waals surface area contributed by atoms with Crippen LogP contribution >= 0.6 is 0 Å². The highest BCUT2D eigenvalue weighted by Gasteiger charge is 2.23. The monoisotopic (exact) mass is 256 g/mol. The molecule has 5 heteroatoms. The highest BCUT2D eigenvalue weighted by atomic mass is 19.1. The molecule has 18 heavy (non-hydrogen) atoms. The van der Waals surface area contributed by atoms with Gasteiger partial charge in [-0.3, -0.25) is 4.90 Å². The van der Waals surface area contributed by atoms with E-state index in [0.29, 0.717) is 25.3 Å². The molecule has 1 fully saturated rings. The maximum atomic E-state index is 13.6. The molecule has 0 radical (unpaired) electrons. The lowest BCUT2D eigenvalue weighted by Crippen LogP contribution is -2.49. The Kier molecular flexibility index (Phi) is 4.63. The van der Waals surface area contributed by atoms with Crippen LogP contribution in [0.5, 0.6) is 0 Å². The maximum Gasteiger partial charge on any atom is 0.130 e. The molecular weight excluding hydrogens is 238 g/mol. The zero-order valence-electron chi connectivity index (χ0n) is 10.5. The number of ether oxygens (including phenoxy) is 1. The highest BCUT2D eigenvalue weighted by molar-refractivity contribution is 5.18. The molecule has 100 valence electrons. The van der Waals surface area contributed by atoms with Crippen molar-refractivity contribution in [2.24, 2.45) is 0 Å². The van der Waals surface area contributed by atoms with Crippen molar-refractivity contribution in [3.63, 3.8) is 0 Å². The summed E-state index contributed by atoms with van der Waals surface area (Å²) in [6.45, 7) is 3.35. The zero-order chi connectivity index (χ0) is 13.0. The van der Waals surface area contributed by atoms with E-state index in [2.05, 4.69) is 10.2 Å². The van der Waals surface area contributed by atoms with Gasteiger partial charge in [-0.2, -0.15) is 0 Å². The molecule has 1 unspecified atom stereocenters. The molecule has 3 nitrogen and oxygen atoms in total. The van der Waals surface area contributed by atoms with Crippen molar-refractivity contribution in [2.45, 2.75) is 12.6 Å². The molecule has 1 atom stereocenters. The van der Waals surface area contributed by atoms with Gasteiger partial charge in [0, 0.05) is 37.3 Å². The first-order valence-electron chi connectivity index (χ1n) is 6.11. The summed E-state index contributed by atoms with van der Waals surface area (Å²) >= 11 is 0. The van der Waals surface area contributed by atoms with Crippen molar-refractivity contribution in [3.8, 4) is 0 Å². The smallest absolute Gasteiger partial charge is 0.130 e. The number of likely N-dealkylation sites (N-methyl/N-ethyl adjacent to an activating group) is 1. The summed E-state index contributed by atoms with van der Waals surface area (Å²) in [5.41, 5.74) is 0.527. The van der Waals surface area contributed by atoms with Gasteiger partial charge in [-0.1, -0.05) is 6.07 Å². The summed E-state index contributed by atoms with van der Waals surface area (Å²) in [6.07, 6.45) is 0. The fourth-order valence-electron chi connectivity index (χ4n) is 2.19. The predicted octanol–water partition coefficient (Wildman–Crippen LogP) is 1.39. The van der Waals surface area contributed by atoms with Gasteiger partial charge >= 0.3 is 0 Å². The van der Waals surface area contributed by atoms with Gasteiger partial charge < -0.3 is 10.1 Å². The van der Waals surface area contributed by atoms with Crippen molar-refractivity contribution in [1.82, 2.24) is 10.2 Å². The molecule has 1 N–H and O–H groups in total. The molecule has 1 aromatic carbocycles. The fourth-order valence-corrected chi connectivity index (χ4v) is 2.19. The standard InChI is InChI=1S/C13H18F2N2O/c1-16-7-12-9-18-5-4-17(12)8-10-2-3-11(14)6-13(10)15/h2-3,6,12,16H,4-5,7-9H2,1H3. The number of nitrogens with zero attached hydrogens (tertiary/aromatic N) is 1. The second kappa shape index (κ2) is 6.22. The Morgan fingerprint density at radius 3 is 3.00 bits per heavy atom. The lowest BCUT2D eigenvalue weighted by atomic mass is 10.1. The molecule has 0 amide bonds. The summed E-state index contributed by atoms with van der Waals surface area (Å²) < 4.78 is 31.9. The number of nitrogens with one attached hydrogen (secondary N) is 1. The van der Waals surface area contributed by atoms with Gasteiger partial charge in [-0.05, 0) is 13.1 Å². The number of hydrogen-bond donors (Lipinski definition) is 1. The lowest BCUT2D eigenvalue weighted by Gasteiger charge is -2.35. The van der Waals surface area contributed by atoms with Crippen molar-refractivity contribution < 1.29 is 13.5 Å². The summed E-state index contributed by atoms with van der Waals surface area (Å²) in [5.74, 6) is -1.02. The van der Waals surface area contributed by atoms with Crippen molar-refractivity contribution >= 4 is 0 Å². The molecule has 0 aliphatic carbocycles. The van der Waals surface area contributed by atoms with Crippen LogP contribution in [0.1, 0.15) is 5.56 Å². The molecule has 0 bridgehead atoms. The van der Waals surface area contributed by atoms with E-state index in [0.717, 1.165) is 19.2 Å². The van der Waals surface area contributed by atoms with Crippen LogP contribution < -0.4 is 5.32 Å². The minimum absolute atomic E-state index is 0.230. The van der Waals surface area contributed by atoms with Crippen molar-refractivity contribution in [2.75, 3.05) is 33.4 Å². The molecule has 0 spiro atoms. The van der Waals surface area contributed by atoms with Gasteiger partial charge in [-0.25, -0.2) is 8.78 Å². The number of benzene rings is 1. The first-order valence-corrected chi connectivity index (χ1v) is 6.11. The van der Waals surface area contributed by atoms with Crippen LogP contribution in [-0.4, -0.2) is 44.3 Å². The minimum atomic E-state index is -0.537. The van der Waals surface area contributed by atoms with Gasteiger partial charge in [0.05, 0.1) is 13.2 Å². The summed E-state index contributed by atoms with van der Waals surface area (Å²) in [4.78, 5) is 2.16. The second-order valence-corrected chi connectivity index (χ2v) is 4.49. The first-order chi connectivity index (χ1) is 8.70. The van der Waals surface area contributed by atoms with Crippen LogP contribution in [0.3, 0.4) is 0 Å². The molecule has 0 aromatic heterocycles. The van der Waals surface area contributed by atoms with E-state index >= 15 is 0 Å². The summed E-state index contributed by atoms with van der Waals surface area (Å²) in [6, 6.07) is 3.97. The number of morpholine rings is 1. The van der Waals surface area contributed by atoms with E-state index in [1.165, 1.54) is 12.1 Å². The number of hydrogen-bond acceptors (Lipinski definition) is 3. The van der Waals surface area contributed by atoms with Gasteiger partial charge in [0.15, 0.2) is 0 Å². The Morgan fingerprint density at radius 2 is 2.28 bits per heavy atom. The minimum Gasteiger partial charge on any atom is -0.378 e. The second-order valence-electron chi connectivity index (χ2n) is 4.49. The van der Waals surface area contributed by atoms with E-state index in [1.807, 2.05) is 7.05 Å². The molecule has 1 heterocycles. The summed E-state index contributed by atoms with van der Waals surface area (Å²) in [5, 5.41) is 3.10. The van der Waals surface area contributed by atoms with Crippen LogP contribution in [0.4, 0.5) is 8.78 Å². The molecule has 1 aliphatic heterocycles. The Labute approximate surface area is 106 Å². The number of rotatable bonds is 4. The molecule has 1 saturated heterocycles. The average Bonchev–Trinajstić information content (AvgIpc) is 2.35. The molecular formula is C13H18F2N2O. The maximum absolute atomic E-state index is 13.6. The predicted molar refractivity (Wildman–Crippen MR) is 65.3 cm³/mol. The van der Waals surface area contributed by atoms with Crippen LogP contribution in [0.25, 0.3) is 0 Å². The van der Waals surface area contributed by atoms with Crippen molar-refractivity contribution in [3.05, 3.63) is 35.4 Å². The zero-order valence-corrected chi connectivity index (χ0v) is 10.5. The topological polar surface area (TPSA) is 24.5 Å². The molecule has 0 saturated carbocycles. The first kappa shape index (κ1) is 13.4. The fraction of sp³-hybridized carbons (Fsp3) is 0.538. The Balaban J connectivity index is 2.06. The van der Waals surface area contributed by atoms with Crippen LogP contribution in [0.2, 0.25) is 0 Å². The third kappa shape index (κ3) is 3.25. The highest BCUT2D eigenvalue weighted by Crippen LogP contribution is 2.15. The van der Waals surface area contributed by atoms with Crippen LogP contribution in [-0.2, 0) is 11.3 Å². The SMILES string of the molecule is CNCC1COCCN1Cc1ccc(F)cc1F. The number of halogens is 2. The lowest BCUT2D eigenvalue weighted by molar-refractivity contribution is -0.0107. The molecule has 1 aliphatic rings. The largest absolute Gasteiger partial charge is 0.378 e. The Hall–Kier alpha value is -1.04. The molecule has 2 rings (SSSR count). The van der Waals surface area contributed by atoms with E-state index in [1.54, 1.807) is 0 Å². The third-order valence-electron chi connectivity index (χ3n) is 3.18. The van der Waals surface area contributed by atoms with Crippen molar-refractivity contribution in [1.29, 1.82) is 0 Å². The van der Waals surface area contributed by atoms with Gasteiger partial charge in [-0.15, -0.1) is 0 Å². The average molecular weight is 256 g/mol. The van der Waals surface area contributed by atoms with E-state index in [4.69, 9.17) is 4.74 Å². The van der Waals surface area contributed by atoms with Gasteiger partial charge in [0.25, 0.3) is 0 Å². The molecule has 1 aromatic rings. The van der Waals surface area contributed by atoms with Gasteiger partial charge in [0.2, 0.25) is 0 Å². The Bertz CT molecular complexity index is 399. The van der Waals surface area contributed by atoms with Crippen LogP contribution in [0.15, 0.2) is 18.2 Å². The normalized spacial score (nSPS) is 21.2. The van der Waals surface area contributed by atoms with E-state index < -0.39 is 11.6 Å². The quantitative estimate of drug-likeness (QED) is 0.881. The van der Waals surface area contributed by atoms with Crippen LogP contribution in [0, 0.1) is 11.6 Å².